The summed E-state index contributed by atoms with van der Waals surface area (Å²) in [4.78, 5) is 12.3. The van der Waals surface area contributed by atoms with Crippen LogP contribution in [-0.4, -0.2) is 37.9 Å². The van der Waals surface area contributed by atoms with Gasteiger partial charge in [-0.05, 0) is 40.8 Å². The highest BCUT2D eigenvalue weighted by atomic mass is 32.2. The number of rotatable bonds is 5. The van der Waals surface area contributed by atoms with Crippen molar-refractivity contribution in [3.8, 4) is 5.69 Å². The quantitative estimate of drug-likeness (QED) is 0.844. The maximum absolute atomic E-state index is 12.3. The lowest BCUT2D eigenvalue weighted by molar-refractivity contribution is -0.120. The fourth-order valence-electron chi connectivity index (χ4n) is 3.16. The summed E-state index contributed by atoms with van der Waals surface area (Å²) in [6.45, 7) is 4.50. The number of tetrazole rings is 1. The van der Waals surface area contributed by atoms with Crippen molar-refractivity contribution >= 4 is 17.7 Å². The van der Waals surface area contributed by atoms with Crippen molar-refractivity contribution in [3.05, 3.63) is 30.3 Å². The molecule has 7 heteroatoms. The van der Waals surface area contributed by atoms with Gasteiger partial charge in [-0.15, -0.1) is 5.10 Å². The Morgan fingerprint density at radius 3 is 2.88 bits per heavy atom. The van der Waals surface area contributed by atoms with Crippen molar-refractivity contribution in [2.75, 3.05) is 5.75 Å². The monoisotopic (exact) mass is 345 g/mol. The second kappa shape index (κ2) is 7.79. The van der Waals surface area contributed by atoms with Gasteiger partial charge in [-0.1, -0.05) is 56.7 Å². The molecule has 128 valence electrons. The topological polar surface area (TPSA) is 72.7 Å². The molecule has 0 aliphatic heterocycles. The molecule has 0 bridgehead atoms. The van der Waals surface area contributed by atoms with E-state index in [0.29, 0.717) is 22.7 Å². The van der Waals surface area contributed by atoms with Crippen LogP contribution < -0.4 is 5.32 Å². The number of amides is 1. The number of nitrogens with zero attached hydrogens (tertiary/aromatic N) is 4. The summed E-state index contributed by atoms with van der Waals surface area (Å²) < 4.78 is 1.66. The summed E-state index contributed by atoms with van der Waals surface area (Å²) in [5, 5.41) is 15.6. The molecule has 24 heavy (non-hydrogen) atoms. The number of carbonyl (C=O) groups is 1. The summed E-state index contributed by atoms with van der Waals surface area (Å²) in [5.74, 6) is 1.57. The SMILES string of the molecule is C[C@@H]1[C@@H](C)CCC[C@H]1NC(=O)CSc1nnnn1-c1ccccc1. The molecule has 1 saturated carbocycles. The highest BCUT2D eigenvalue weighted by molar-refractivity contribution is 7.99. The van der Waals surface area contributed by atoms with Gasteiger partial charge in [-0.2, -0.15) is 4.68 Å². The van der Waals surface area contributed by atoms with E-state index in [2.05, 4.69) is 34.7 Å². The average Bonchev–Trinajstić information content (AvgIpc) is 3.06. The molecular weight excluding hydrogens is 322 g/mol. The second-order valence-corrected chi connectivity index (χ2v) is 7.38. The molecule has 1 aliphatic carbocycles. The van der Waals surface area contributed by atoms with E-state index < -0.39 is 0 Å². The van der Waals surface area contributed by atoms with Crippen LogP contribution >= 0.6 is 11.8 Å². The van der Waals surface area contributed by atoms with Gasteiger partial charge >= 0.3 is 0 Å². The van der Waals surface area contributed by atoms with Crippen LogP contribution in [0.3, 0.4) is 0 Å². The molecule has 0 spiro atoms. The first kappa shape index (κ1) is 17.0. The predicted octanol–water partition coefficient (Wildman–Crippen LogP) is 2.70. The summed E-state index contributed by atoms with van der Waals surface area (Å²) in [5.41, 5.74) is 0.889. The fraction of sp³-hybridized carbons (Fsp3) is 0.529. The van der Waals surface area contributed by atoms with Crippen LogP contribution in [0.2, 0.25) is 0 Å². The first-order valence-corrected chi connectivity index (χ1v) is 9.39. The van der Waals surface area contributed by atoms with Gasteiger partial charge in [-0.25, -0.2) is 0 Å². The minimum absolute atomic E-state index is 0.0496. The van der Waals surface area contributed by atoms with Crippen LogP contribution in [0.1, 0.15) is 33.1 Å². The van der Waals surface area contributed by atoms with E-state index in [4.69, 9.17) is 0 Å². The summed E-state index contributed by atoms with van der Waals surface area (Å²) in [7, 11) is 0. The zero-order valence-electron chi connectivity index (χ0n) is 14.1. The molecule has 1 aliphatic rings. The number of para-hydroxylation sites is 1. The van der Waals surface area contributed by atoms with Crippen LogP contribution in [0.5, 0.6) is 0 Å². The number of thioether (sulfide) groups is 1. The summed E-state index contributed by atoms with van der Waals surface area (Å²) >= 11 is 1.36. The van der Waals surface area contributed by atoms with Gasteiger partial charge in [-0.3, -0.25) is 4.79 Å². The molecule has 1 aromatic carbocycles. The Balaban J connectivity index is 1.57. The van der Waals surface area contributed by atoms with Gasteiger partial charge < -0.3 is 5.32 Å². The molecule has 1 N–H and O–H groups in total. The van der Waals surface area contributed by atoms with Crippen molar-refractivity contribution in [2.45, 2.75) is 44.3 Å². The molecule has 0 saturated heterocycles. The number of hydrogen-bond donors (Lipinski definition) is 1. The third kappa shape index (κ3) is 3.95. The van der Waals surface area contributed by atoms with E-state index in [1.807, 2.05) is 30.3 Å². The van der Waals surface area contributed by atoms with Crippen molar-refractivity contribution in [1.29, 1.82) is 0 Å². The second-order valence-electron chi connectivity index (χ2n) is 6.44. The highest BCUT2D eigenvalue weighted by Crippen LogP contribution is 2.29. The number of aromatic nitrogens is 4. The molecule has 3 atom stereocenters. The number of hydrogen-bond acceptors (Lipinski definition) is 5. The van der Waals surface area contributed by atoms with E-state index in [1.54, 1.807) is 4.68 Å². The first-order chi connectivity index (χ1) is 11.6. The van der Waals surface area contributed by atoms with Gasteiger partial charge in [0.1, 0.15) is 0 Å². The van der Waals surface area contributed by atoms with E-state index in [9.17, 15) is 4.79 Å². The molecule has 0 unspecified atom stereocenters. The fourth-order valence-corrected chi connectivity index (χ4v) is 3.87. The lowest BCUT2D eigenvalue weighted by atomic mass is 9.78. The van der Waals surface area contributed by atoms with E-state index in [0.717, 1.165) is 12.1 Å². The van der Waals surface area contributed by atoms with E-state index in [1.165, 1.54) is 24.6 Å². The zero-order valence-corrected chi connectivity index (χ0v) is 14.9. The van der Waals surface area contributed by atoms with Gasteiger partial charge in [0, 0.05) is 6.04 Å². The van der Waals surface area contributed by atoms with Crippen LogP contribution in [0.25, 0.3) is 5.69 Å². The Morgan fingerprint density at radius 1 is 1.29 bits per heavy atom. The molecule has 6 nitrogen and oxygen atoms in total. The minimum atomic E-state index is 0.0496. The zero-order chi connectivity index (χ0) is 16.9. The Kier molecular flexibility index (Phi) is 5.50. The smallest absolute Gasteiger partial charge is 0.230 e. The lowest BCUT2D eigenvalue weighted by Crippen LogP contribution is -2.44. The van der Waals surface area contributed by atoms with Gasteiger partial charge in [0.2, 0.25) is 11.1 Å². The Labute approximate surface area is 146 Å². The number of benzene rings is 1. The molecule has 1 heterocycles. The minimum Gasteiger partial charge on any atom is -0.352 e. The average molecular weight is 345 g/mol. The lowest BCUT2D eigenvalue weighted by Gasteiger charge is -2.34. The molecule has 1 fully saturated rings. The predicted molar refractivity (Wildman–Crippen MR) is 94.0 cm³/mol. The molecule has 1 aromatic heterocycles. The Morgan fingerprint density at radius 2 is 2.08 bits per heavy atom. The maximum Gasteiger partial charge on any atom is 0.230 e. The molecule has 0 radical (unpaired) electrons. The highest BCUT2D eigenvalue weighted by Gasteiger charge is 2.28. The van der Waals surface area contributed by atoms with E-state index in [-0.39, 0.29) is 11.9 Å². The summed E-state index contributed by atoms with van der Waals surface area (Å²) in [6.07, 6.45) is 3.52. The van der Waals surface area contributed by atoms with E-state index >= 15 is 0 Å². The summed E-state index contributed by atoms with van der Waals surface area (Å²) in [6, 6.07) is 9.97. The van der Waals surface area contributed by atoms with Crippen molar-refractivity contribution in [1.82, 2.24) is 25.5 Å². The standard InChI is InChI=1S/C17H23N5OS/c1-12-7-6-10-15(13(12)2)18-16(23)11-24-17-19-20-21-22(17)14-8-4-3-5-9-14/h3-5,8-9,12-13,15H,6-7,10-11H2,1-2H3,(H,18,23)/t12-,13+,15+/m0/s1. The van der Waals surface area contributed by atoms with Crippen LogP contribution in [0, 0.1) is 11.8 Å². The largest absolute Gasteiger partial charge is 0.352 e. The molecule has 2 aromatic rings. The van der Waals surface area contributed by atoms with Crippen LogP contribution in [0.4, 0.5) is 0 Å². The first-order valence-electron chi connectivity index (χ1n) is 8.41. The maximum atomic E-state index is 12.3. The van der Waals surface area contributed by atoms with Crippen LogP contribution in [-0.2, 0) is 4.79 Å². The normalized spacial score (nSPS) is 23.8. The van der Waals surface area contributed by atoms with Crippen molar-refractivity contribution in [2.24, 2.45) is 11.8 Å². The van der Waals surface area contributed by atoms with Gasteiger partial charge in [0.25, 0.3) is 0 Å². The Hall–Kier alpha value is -1.89. The van der Waals surface area contributed by atoms with Crippen molar-refractivity contribution < 1.29 is 4.79 Å². The van der Waals surface area contributed by atoms with Crippen molar-refractivity contribution in [3.63, 3.8) is 0 Å². The molecular formula is C17H23N5OS. The van der Waals surface area contributed by atoms with Gasteiger partial charge in [0.05, 0.1) is 11.4 Å². The Bertz CT molecular complexity index is 675. The third-order valence-electron chi connectivity index (χ3n) is 4.83. The molecule has 1 amide bonds. The number of nitrogens with one attached hydrogen (secondary N) is 1. The number of carbonyl (C=O) groups excluding carboxylic acids is 1. The van der Waals surface area contributed by atoms with Crippen LogP contribution in [0.15, 0.2) is 35.5 Å². The third-order valence-corrected chi connectivity index (χ3v) is 5.75. The van der Waals surface area contributed by atoms with Gasteiger partial charge in [0.15, 0.2) is 0 Å². The molecule has 3 rings (SSSR count).